The number of carbonyl (C=O) groups excluding carboxylic acids is 1. The molecular weight excluding hydrogens is 390 g/mol. The highest BCUT2D eigenvalue weighted by Crippen LogP contribution is 2.29. The summed E-state index contributed by atoms with van der Waals surface area (Å²) >= 11 is 0. The Kier molecular flexibility index (Phi) is 7.97. The first kappa shape index (κ1) is 23.1. The van der Waals surface area contributed by atoms with Crippen LogP contribution in [0.4, 0.5) is 4.79 Å². The molecule has 0 saturated heterocycles. The SMILES string of the molecule is COCCOc1ccc2c(c1)CC(N(Cc1ccccc1)C(=O)OC(C)(C)C)CCC2. The molecule has 1 amide bonds. The third-order valence-electron chi connectivity index (χ3n) is 5.44. The molecule has 2 aromatic carbocycles. The lowest BCUT2D eigenvalue weighted by Gasteiger charge is -2.33. The van der Waals surface area contributed by atoms with Crippen LogP contribution in [0.1, 0.15) is 50.3 Å². The molecule has 0 spiro atoms. The molecule has 0 aromatic heterocycles. The topological polar surface area (TPSA) is 48.0 Å². The zero-order chi connectivity index (χ0) is 22.3. The van der Waals surface area contributed by atoms with Gasteiger partial charge in [-0.3, -0.25) is 0 Å². The van der Waals surface area contributed by atoms with Gasteiger partial charge in [-0.1, -0.05) is 36.4 Å². The lowest BCUT2D eigenvalue weighted by molar-refractivity contribution is 0.0130. The fraction of sp³-hybridized carbons (Fsp3) is 0.500. The fourth-order valence-electron chi connectivity index (χ4n) is 3.96. The number of methoxy groups -OCH3 is 1. The van der Waals surface area contributed by atoms with Crippen molar-refractivity contribution in [3.05, 3.63) is 65.2 Å². The molecule has 31 heavy (non-hydrogen) atoms. The third-order valence-corrected chi connectivity index (χ3v) is 5.44. The van der Waals surface area contributed by atoms with Crippen molar-refractivity contribution < 1.29 is 19.0 Å². The lowest BCUT2D eigenvalue weighted by atomic mass is 10.0. The fourth-order valence-corrected chi connectivity index (χ4v) is 3.96. The van der Waals surface area contributed by atoms with Crippen LogP contribution in [0.15, 0.2) is 48.5 Å². The molecule has 168 valence electrons. The van der Waals surface area contributed by atoms with Crippen molar-refractivity contribution >= 4 is 6.09 Å². The largest absolute Gasteiger partial charge is 0.491 e. The van der Waals surface area contributed by atoms with Crippen molar-refractivity contribution in [2.45, 2.75) is 64.6 Å². The Bertz CT molecular complexity index is 844. The minimum atomic E-state index is -0.531. The highest BCUT2D eigenvalue weighted by atomic mass is 16.6. The summed E-state index contributed by atoms with van der Waals surface area (Å²) in [6.45, 7) is 7.37. The van der Waals surface area contributed by atoms with Gasteiger partial charge in [0.15, 0.2) is 0 Å². The van der Waals surface area contributed by atoms with Gasteiger partial charge in [0, 0.05) is 19.7 Å². The Morgan fingerprint density at radius 2 is 1.84 bits per heavy atom. The zero-order valence-corrected chi connectivity index (χ0v) is 19.2. The predicted molar refractivity (Wildman–Crippen MR) is 122 cm³/mol. The van der Waals surface area contributed by atoms with Gasteiger partial charge in [0.05, 0.1) is 6.61 Å². The van der Waals surface area contributed by atoms with E-state index in [0.717, 1.165) is 37.0 Å². The maximum absolute atomic E-state index is 13.2. The molecule has 3 rings (SSSR count). The van der Waals surface area contributed by atoms with Crippen molar-refractivity contribution in [1.29, 1.82) is 0 Å². The van der Waals surface area contributed by atoms with E-state index in [2.05, 4.69) is 24.3 Å². The molecule has 1 aliphatic rings. The first-order valence-electron chi connectivity index (χ1n) is 11.1. The van der Waals surface area contributed by atoms with E-state index in [0.29, 0.717) is 19.8 Å². The summed E-state index contributed by atoms with van der Waals surface area (Å²) in [7, 11) is 1.67. The molecule has 5 heteroatoms. The molecule has 0 bridgehead atoms. The van der Waals surface area contributed by atoms with E-state index in [9.17, 15) is 4.79 Å². The summed E-state index contributed by atoms with van der Waals surface area (Å²) in [6.07, 6.45) is 3.54. The molecule has 0 saturated carbocycles. The number of nitrogens with zero attached hydrogens (tertiary/aromatic N) is 1. The maximum atomic E-state index is 13.2. The number of amides is 1. The highest BCUT2D eigenvalue weighted by Gasteiger charge is 2.30. The molecule has 1 aliphatic carbocycles. The van der Waals surface area contributed by atoms with Crippen LogP contribution < -0.4 is 4.74 Å². The van der Waals surface area contributed by atoms with Crippen LogP contribution in [-0.4, -0.2) is 43.0 Å². The summed E-state index contributed by atoms with van der Waals surface area (Å²) in [5.74, 6) is 0.850. The second-order valence-electron chi connectivity index (χ2n) is 9.12. The second kappa shape index (κ2) is 10.7. The number of hydrogen-bond donors (Lipinski definition) is 0. The van der Waals surface area contributed by atoms with Crippen molar-refractivity contribution in [3.63, 3.8) is 0 Å². The minimum Gasteiger partial charge on any atom is -0.491 e. The van der Waals surface area contributed by atoms with Crippen molar-refractivity contribution in [2.75, 3.05) is 20.3 Å². The van der Waals surface area contributed by atoms with Crippen LogP contribution in [-0.2, 0) is 28.9 Å². The van der Waals surface area contributed by atoms with Crippen LogP contribution in [0.2, 0.25) is 0 Å². The van der Waals surface area contributed by atoms with Gasteiger partial charge >= 0.3 is 6.09 Å². The van der Waals surface area contributed by atoms with Gasteiger partial charge in [0.2, 0.25) is 0 Å². The van der Waals surface area contributed by atoms with Crippen molar-refractivity contribution in [1.82, 2.24) is 4.90 Å². The molecule has 2 aromatic rings. The lowest BCUT2D eigenvalue weighted by Crippen LogP contribution is -2.43. The average Bonchev–Trinajstić information content (AvgIpc) is 2.93. The first-order valence-corrected chi connectivity index (χ1v) is 11.1. The third kappa shape index (κ3) is 7.00. The summed E-state index contributed by atoms with van der Waals surface area (Å²) in [5.41, 5.74) is 3.16. The van der Waals surface area contributed by atoms with Crippen LogP contribution in [0.3, 0.4) is 0 Å². The van der Waals surface area contributed by atoms with Crippen LogP contribution in [0, 0.1) is 0 Å². The van der Waals surface area contributed by atoms with E-state index < -0.39 is 5.60 Å². The van der Waals surface area contributed by atoms with Gasteiger partial charge in [-0.15, -0.1) is 0 Å². The van der Waals surface area contributed by atoms with Gasteiger partial charge in [0.25, 0.3) is 0 Å². The Balaban J connectivity index is 1.83. The zero-order valence-electron chi connectivity index (χ0n) is 19.2. The molecule has 0 radical (unpaired) electrons. The van der Waals surface area contributed by atoms with E-state index in [1.165, 1.54) is 11.1 Å². The number of ether oxygens (including phenoxy) is 3. The van der Waals surface area contributed by atoms with E-state index in [-0.39, 0.29) is 12.1 Å². The average molecular weight is 426 g/mol. The molecule has 0 fully saturated rings. The molecule has 1 unspecified atom stereocenters. The van der Waals surface area contributed by atoms with Crippen LogP contribution >= 0.6 is 0 Å². The number of aryl methyl sites for hydroxylation is 1. The number of fused-ring (bicyclic) bond motifs is 1. The number of rotatable bonds is 7. The number of benzene rings is 2. The van der Waals surface area contributed by atoms with E-state index in [1.807, 2.05) is 49.9 Å². The van der Waals surface area contributed by atoms with E-state index in [4.69, 9.17) is 14.2 Å². The van der Waals surface area contributed by atoms with Gasteiger partial charge in [-0.05, 0) is 75.3 Å². The Hall–Kier alpha value is -2.53. The monoisotopic (exact) mass is 425 g/mol. The normalized spacial score (nSPS) is 16.2. The molecule has 0 N–H and O–H groups in total. The Labute approximate surface area is 186 Å². The quantitative estimate of drug-likeness (QED) is 0.440. The van der Waals surface area contributed by atoms with Gasteiger partial charge in [0.1, 0.15) is 18.0 Å². The summed E-state index contributed by atoms with van der Waals surface area (Å²) in [6, 6.07) is 16.5. The smallest absolute Gasteiger partial charge is 0.410 e. The minimum absolute atomic E-state index is 0.0746. The van der Waals surface area contributed by atoms with E-state index >= 15 is 0 Å². The first-order chi connectivity index (χ1) is 14.9. The number of carbonyl (C=O) groups is 1. The molecule has 5 nitrogen and oxygen atoms in total. The van der Waals surface area contributed by atoms with Crippen molar-refractivity contribution in [3.8, 4) is 5.75 Å². The number of hydrogen-bond acceptors (Lipinski definition) is 4. The summed E-state index contributed by atoms with van der Waals surface area (Å²) in [5, 5.41) is 0. The molecule has 0 heterocycles. The molecular formula is C26H35NO4. The van der Waals surface area contributed by atoms with Gasteiger partial charge in [-0.25, -0.2) is 4.79 Å². The van der Waals surface area contributed by atoms with Crippen molar-refractivity contribution in [2.24, 2.45) is 0 Å². The standard InChI is InChI=1S/C26H35NO4/c1-26(2,3)31-25(28)27(19-20-9-6-5-7-10-20)23-12-8-11-21-13-14-24(18-22(21)17-23)30-16-15-29-4/h5-7,9-10,13-14,18,23H,8,11-12,15-17,19H2,1-4H3. The Morgan fingerprint density at radius 3 is 2.55 bits per heavy atom. The molecule has 0 aliphatic heterocycles. The summed E-state index contributed by atoms with van der Waals surface area (Å²) in [4.78, 5) is 15.1. The van der Waals surface area contributed by atoms with E-state index in [1.54, 1.807) is 7.11 Å². The van der Waals surface area contributed by atoms with Crippen LogP contribution in [0.5, 0.6) is 5.75 Å². The summed E-state index contributed by atoms with van der Waals surface area (Å²) < 4.78 is 16.7. The predicted octanol–water partition coefficient (Wildman–Crippen LogP) is 5.40. The Morgan fingerprint density at radius 1 is 1.06 bits per heavy atom. The van der Waals surface area contributed by atoms with Crippen LogP contribution in [0.25, 0.3) is 0 Å². The maximum Gasteiger partial charge on any atom is 0.410 e. The molecule has 1 atom stereocenters. The second-order valence-corrected chi connectivity index (χ2v) is 9.12. The van der Waals surface area contributed by atoms with Gasteiger partial charge in [-0.2, -0.15) is 0 Å². The van der Waals surface area contributed by atoms with Gasteiger partial charge < -0.3 is 19.1 Å². The highest BCUT2D eigenvalue weighted by molar-refractivity contribution is 5.68.